The largest absolute Gasteiger partial charge is 0.298 e. The Balaban J connectivity index is 3.39. The first kappa shape index (κ1) is 12.9. The maximum atomic E-state index is 12.2. The quantitative estimate of drug-likeness (QED) is 0.813. The molecule has 88 valence electrons. The zero-order chi connectivity index (χ0) is 12.6. The summed E-state index contributed by atoms with van der Waals surface area (Å²) in [4.78, 5) is 11.6. The van der Waals surface area contributed by atoms with Crippen LogP contribution in [0.4, 0.5) is 0 Å². The number of hydrogen-bond acceptors (Lipinski definition) is 3. The fraction of sp³-hybridized carbons (Fsp3) is 0.417. The van der Waals surface area contributed by atoms with Gasteiger partial charge in [-0.25, -0.2) is 8.42 Å². The number of hydrogen-bond donors (Lipinski definition) is 0. The van der Waals surface area contributed by atoms with Crippen LogP contribution >= 0.6 is 0 Å². The highest BCUT2D eigenvalue weighted by atomic mass is 32.2. The van der Waals surface area contributed by atoms with Gasteiger partial charge in [0, 0.05) is 0 Å². The molecule has 0 unspecified atom stereocenters. The van der Waals surface area contributed by atoms with Crippen molar-refractivity contribution in [3.8, 4) is 0 Å². The highest BCUT2D eigenvalue weighted by Gasteiger charge is 2.39. The molecule has 16 heavy (non-hydrogen) atoms. The third kappa shape index (κ3) is 2.02. The summed E-state index contributed by atoms with van der Waals surface area (Å²) < 4.78 is 23.1. The number of carbonyl (C=O) groups excluding carboxylic acids is 1. The summed E-state index contributed by atoms with van der Waals surface area (Å²) in [7, 11) is -3.61. The molecule has 4 heteroatoms. The second-order valence-electron chi connectivity index (χ2n) is 4.39. The maximum absolute atomic E-state index is 12.2. The number of Topliss-reactive ketones (excluding diaryl/α,β-unsaturated/α-hetero) is 1. The fourth-order valence-corrected chi connectivity index (χ4v) is 2.83. The topological polar surface area (TPSA) is 51.2 Å². The number of carbonyl (C=O) groups is 1. The van der Waals surface area contributed by atoms with Crippen LogP contribution < -0.4 is 0 Å². The molecule has 0 bridgehead atoms. The molecule has 0 saturated carbocycles. The lowest BCUT2D eigenvalue weighted by Crippen LogP contribution is -2.39. The van der Waals surface area contributed by atoms with Crippen molar-refractivity contribution in [1.82, 2.24) is 0 Å². The van der Waals surface area contributed by atoms with Gasteiger partial charge in [-0.05, 0) is 45.4 Å². The average Bonchev–Trinajstić information content (AvgIpc) is 2.17. The van der Waals surface area contributed by atoms with Gasteiger partial charge in [-0.15, -0.1) is 0 Å². The van der Waals surface area contributed by atoms with E-state index in [-0.39, 0.29) is 10.7 Å². The molecular formula is C12H16O3S. The molecule has 0 fully saturated rings. The first-order chi connectivity index (χ1) is 7.19. The van der Waals surface area contributed by atoms with Gasteiger partial charge in [0.15, 0.2) is 15.6 Å². The molecule has 0 radical (unpaired) electrons. The number of sulfone groups is 1. The van der Waals surface area contributed by atoms with Crippen LogP contribution in [0.25, 0.3) is 0 Å². The fourth-order valence-electron chi connectivity index (χ4n) is 1.27. The van der Waals surface area contributed by atoms with Crippen molar-refractivity contribution >= 4 is 15.6 Å². The lowest BCUT2D eigenvalue weighted by molar-refractivity contribution is -0.118. The summed E-state index contributed by atoms with van der Waals surface area (Å²) in [6, 6.07) is 6.60. The molecular weight excluding hydrogens is 224 g/mol. The third-order valence-corrected chi connectivity index (χ3v) is 5.33. The van der Waals surface area contributed by atoms with E-state index in [2.05, 4.69) is 0 Å². The van der Waals surface area contributed by atoms with E-state index in [1.165, 1.54) is 26.8 Å². The van der Waals surface area contributed by atoms with E-state index in [0.29, 0.717) is 0 Å². The number of aryl methyl sites for hydroxylation is 1. The number of benzene rings is 1. The summed E-state index contributed by atoms with van der Waals surface area (Å²) in [6.45, 7) is 5.99. The van der Waals surface area contributed by atoms with Gasteiger partial charge in [0.25, 0.3) is 0 Å². The molecule has 0 aliphatic heterocycles. The Hall–Kier alpha value is -1.16. The van der Waals surface area contributed by atoms with Crippen molar-refractivity contribution < 1.29 is 13.2 Å². The van der Waals surface area contributed by atoms with E-state index in [4.69, 9.17) is 0 Å². The second-order valence-corrected chi connectivity index (χ2v) is 6.89. The summed E-state index contributed by atoms with van der Waals surface area (Å²) in [6.07, 6.45) is 0. The second kappa shape index (κ2) is 4.01. The Morgan fingerprint density at radius 2 is 1.81 bits per heavy atom. The SMILES string of the molecule is CC(=O)C(C)(C)S(=O)(=O)c1cccc(C)c1. The minimum atomic E-state index is -3.61. The summed E-state index contributed by atoms with van der Waals surface area (Å²) in [5, 5.41) is 0. The normalized spacial score (nSPS) is 12.5. The number of ketones is 1. The molecule has 0 heterocycles. The molecule has 1 aromatic carbocycles. The van der Waals surface area contributed by atoms with Crippen molar-refractivity contribution in [3.05, 3.63) is 29.8 Å². The molecule has 0 amide bonds. The summed E-state index contributed by atoms with van der Waals surface area (Å²) in [5.74, 6) is -0.353. The Morgan fingerprint density at radius 1 is 1.25 bits per heavy atom. The van der Waals surface area contributed by atoms with E-state index in [1.807, 2.05) is 13.0 Å². The summed E-state index contributed by atoms with van der Waals surface area (Å²) >= 11 is 0. The molecule has 0 N–H and O–H groups in total. The molecule has 3 nitrogen and oxygen atoms in total. The predicted molar refractivity (Wildman–Crippen MR) is 63.1 cm³/mol. The molecule has 0 aliphatic rings. The Kier molecular flexibility index (Phi) is 3.24. The zero-order valence-electron chi connectivity index (χ0n) is 9.94. The van der Waals surface area contributed by atoms with Crippen LogP contribution in [-0.2, 0) is 14.6 Å². The Labute approximate surface area is 96.4 Å². The smallest absolute Gasteiger partial charge is 0.190 e. The van der Waals surface area contributed by atoms with Gasteiger partial charge in [-0.3, -0.25) is 4.79 Å². The zero-order valence-corrected chi connectivity index (χ0v) is 10.8. The van der Waals surface area contributed by atoms with Gasteiger partial charge in [0.2, 0.25) is 0 Å². The molecule has 0 saturated heterocycles. The van der Waals surface area contributed by atoms with Gasteiger partial charge in [0.05, 0.1) is 4.90 Å². The van der Waals surface area contributed by atoms with E-state index in [9.17, 15) is 13.2 Å². The standard InChI is InChI=1S/C12H16O3S/c1-9-6-5-7-11(8-9)16(14,15)12(3,4)10(2)13/h5-8H,1-4H3. The minimum Gasteiger partial charge on any atom is -0.298 e. The van der Waals surface area contributed by atoms with Crippen LogP contribution in [0.15, 0.2) is 29.2 Å². The monoisotopic (exact) mass is 240 g/mol. The van der Waals surface area contributed by atoms with Gasteiger partial charge in [-0.2, -0.15) is 0 Å². The lowest BCUT2D eigenvalue weighted by Gasteiger charge is -2.21. The highest BCUT2D eigenvalue weighted by Crippen LogP contribution is 2.26. The Morgan fingerprint density at radius 3 is 2.25 bits per heavy atom. The predicted octanol–water partition coefficient (Wildman–Crippen LogP) is 2.14. The van der Waals surface area contributed by atoms with E-state index < -0.39 is 14.6 Å². The van der Waals surface area contributed by atoms with Crippen molar-refractivity contribution in [3.63, 3.8) is 0 Å². The Bertz CT molecular complexity index is 513. The van der Waals surface area contributed by atoms with Crippen molar-refractivity contribution in [2.45, 2.75) is 37.3 Å². The van der Waals surface area contributed by atoms with Crippen molar-refractivity contribution in [2.24, 2.45) is 0 Å². The lowest BCUT2D eigenvalue weighted by atomic mass is 10.1. The van der Waals surface area contributed by atoms with Gasteiger partial charge >= 0.3 is 0 Å². The molecule has 0 aliphatic carbocycles. The van der Waals surface area contributed by atoms with Crippen molar-refractivity contribution in [2.75, 3.05) is 0 Å². The van der Waals surface area contributed by atoms with Crippen LogP contribution in [0.5, 0.6) is 0 Å². The van der Waals surface area contributed by atoms with Crippen molar-refractivity contribution in [1.29, 1.82) is 0 Å². The molecule has 0 aromatic heterocycles. The summed E-state index contributed by atoms with van der Waals surface area (Å²) in [5.41, 5.74) is 0.862. The first-order valence-electron chi connectivity index (χ1n) is 5.02. The molecule has 1 aromatic rings. The minimum absolute atomic E-state index is 0.202. The number of rotatable bonds is 3. The molecule has 1 rings (SSSR count). The maximum Gasteiger partial charge on any atom is 0.190 e. The molecule has 0 atom stereocenters. The van der Waals surface area contributed by atoms with Crippen LogP contribution in [0, 0.1) is 6.92 Å². The van der Waals surface area contributed by atoms with Gasteiger partial charge in [0.1, 0.15) is 4.75 Å². The molecule has 0 spiro atoms. The van der Waals surface area contributed by atoms with E-state index in [1.54, 1.807) is 12.1 Å². The van der Waals surface area contributed by atoms with Gasteiger partial charge < -0.3 is 0 Å². The first-order valence-corrected chi connectivity index (χ1v) is 6.50. The third-order valence-electron chi connectivity index (χ3n) is 2.82. The van der Waals surface area contributed by atoms with Crippen LogP contribution in [0.1, 0.15) is 26.3 Å². The average molecular weight is 240 g/mol. The van der Waals surface area contributed by atoms with Crippen LogP contribution in [-0.4, -0.2) is 18.9 Å². The highest BCUT2D eigenvalue weighted by molar-refractivity contribution is 7.93. The van der Waals surface area contributed by atoms with E-state index >= 15 is 0 Å². The van der Waals surface area contributed by atoms with E-state index in [0.717, 1.165) is 5.56 Å². The van der Waals surface area contributed by atoms with Crippen LogP contribution in [0.3, 0.4) is 0 Å². The van der Waals surface area contributed by atoms with Gasteiger partial charge in [-0.1, -0.05) is 12.1 Å². The van der Waals surface area contributed by atoms with Crippen LogP contribution in [0.2, 0.25) is 0 Å².